The van der Waals surface area contributed by atoms with Gasteiger partial charge in [0, 0.05) is 26.7 Å². The Morgan fingerprint density at radius 1 is 1.33 bits per heavy atom. The second-order valence-electron chi connectivity index (χ2n) is 6.69. The van der Waals surface area contributed by atoms with Crippen molar-refractivity contribution in [1.29, 1.82) is 0 Å². The molecule has 1 N–H and O–H groups in total. The molecule has 1 atom stereocenters. The molecule has 1 aliphatic heterocycles. The van der Waals surface area contributed by atoms with E-state index < -0.39 is 0 Å². The first-order valence-corrected chi connectivity index (χ1v) is 8.60. The Bertz CT molecular complexity index is 702. The van der Waals surface area contributed by atoms with Crippen molar-refractivity contribution in [3.05, 3.63) is 53.1 Å². The van der Waals surface area contributed by atoms with Crippen LogP contribution in [0.25, 0.3) is 0 Å². The van der Waals surface area contributed by atoms with E-state index in [0.717, 1.165) is 25.3 Å². The van der Waals surface area contributed by atoms with E-state index in [9.17, 15) is 4.79 Å². The molecule has 0 saturated carbocycles. The van der Waals surface area contributed by atoms with Crippen molar-refractivity contribution in [3.8, 4) is 0 Å². The average Bonchev–Trinajstić information content (AvgIpc) is 3.15. The van der Waals surface area contributed by atoms with Gasteiger partial charge in [-0.05, 0) is 43.9 Å². The maximum absolute atomic E-state index is 12.3. The highest BCUT2D eigenvalue weighted by molar-refractivity contribution is 5.93. The summed E-state index contributed by atoms with van der Waals surface area (Å²) in [6, 6.07) is 8.66. The van der Waals surface area contributed by atoms with Crippen LogP contribution in [-0.2, 0) is 7.05 Å². The third-order valence-electron chi connectivity index (χ3n) is 4.95. The second kappa shape index (κ2) is 7.18. The van der Waals surface area contributed by atoms with Gasteiger partial charge in [0.05, 0.1) is 12.0 Å². The maximum Gasteiger partial charge on any atom is 0.269 e. The van der Waals surface area contributed by atoms with Crippen LogP contribution in [0.2, 0.25) is 0 Å². The van der Waals surface area contributed by atoms with E-state index in [-0.39, 0.29) is 5.91 Å². The third-order valence-corrected chi connectivity index (χ3v) is 4.95. The van der Waals surface area contributed by atoms with Gasteiger partial charge in [0.2, 0.25) is 0 Å². The van der Waals surface area contributed by atoms with E-state index in [1.807, 2.05) is 14.0 Å². The number of hydrogen-bond acceptors (Lipinski definition) is 3. The summed E-state index contributed by atoms with van der Waals surface area (Å²) in [6.45, 7) is 7.79. The van der Waals surface area contributed by atoms with E-state index >= 15 is 0 Å². The number of rotatable bonds is 5. The Labute approximate surface area is 143 Å². The quantitative estimate of drug-likeness (QED) is 0.917. The van der Waals surface area contributed by atoms with E-state index in [0.29, 0.717) is 18.2 Å². The van der Waals surface area contributed by atoms with Crippen molar-refractivity contribution >= 4 is 5.91 Å². The lowest BCUT2D eigenvalue weighted by Gasteiger charge is -2.17. The summed E-state index contributed by atoms with van der Waals surface area (Å²) in [7, 11) is 1.85. The minimum atomic E-state index is -0.0397. The summed E-state index contributed by atoms with van der Waals surface area (Å²) in [5, 5.41) is 3.02. The Morgan fingerprint density at radius 2 is 2.12 bits per heavy atom. The monoisotopic (exact) mass is 326 g/mol. The van der Waals surface area contributed by atoms with Crippen LogP contribution in [0.5, 0.6) is 0 Å². The topological polar surface area (TPSA) is 50.2 Å². The smallest absolute Gasteiger partial charge is 0.269 e. The van der Waals surface area contributed by atoms with Crippen molar-refractivity contribution in [2.24, 2.45) is 7.05 Å². The molecule has 1 amide bonds. The highest BCUT2D eigenvalue weighted by Crippen LogP contribution is 2.28. The van der Waals surface area contributed by atoms with Crippen molar-refractivity contribution in [3.63, 3.8) is 0 Å². The van der Waals surface area contributed by atoms with Crippen molar-refractivity contribution < 1.29 is 4.79 Å². The summed E-state index contributed by atoms with van der Waals surface area (Å²) in [5.41, 5.74) is 4.27. The SMILES string of the molecule is Cc1ccccc1[C@H]1CCN(CCNC(=O)c2c(C)ncn2C)C1. The molecule has 128 valence electrons. The number of likely N-dealkylation sites (tertiary alicyclic amines) is 1. The van der Waals surface area contributed by atoms with Gasteiger partial charge in [-0.1, -0.05) is 24.3 Å². The molecular formula is C19H26N4O. The van der Waals surface area contributed by atoms with Gasteiger partial charge >= 0.3 is 0 Å². The number of aromatic nitrogens is 2. The van der Waals surface area contributed by atoms with Gasteiger partial charge in [-0.3, -0.25) is 4.79 Å². The van der Waals surface area contributed by atoms with Gasteiger partial charge in [-0.25, -0.2) is 4.98 Å². The van der Waals surface area contributed by atoms with E-state index in [2.05, 4.69) is 46.4 Å². The standard InChI is InChI=1S/C19H26N4O/c1-14-6-4-5-7-17(14)16-8-10-23(12-16)11-9-20-19(24)18-15(2)21-13-22(18)3/h4-7,13,16H,8-12H2,1-3H3,(H,20,24)/t16-/m0/s1. The number of amides is 1. The summed E-state index contributed by atoms with van der Waals surface area (Å²) in [4.78, 5) is 18.9. The molecule has 0 bridgehead atoms. The summed E-state index contributed by atoms with van der Waals surface area (Å²) in [5.74, 6) is 0.573. The molecular weight excluding hydrogens is 300 g/mol. The Hall–Kier alpha value is -2.14. The zero-order valence-corrected chi connectivity index (χ0v) is 14.7. The molecule has 0 radical (unpaired) electrons. The molecule has 1 aromatic heterocycles. The lowest BCUT2D eigenvalue weighted by molar-refractivity contribution is 0.0941. The minimum absolute atomic E-state index is 0.0397. The molecule has 0 spiro atoms. The number of nitrogens with one attached hydrogen (secondary N) is 1. The number of hydrogen-bond donors (Lipinski definition) is 1. The van der Waals surface area contributed by atoms with E-state index in [1.54, 1.807) is 10.9 Å². The average molecular weight is 326 g/mol. The zero-order chi connectivity index (χ0) is 17.1. The molecule has 3 rings (SSSR count). The van der Waals surface area contributed by atoms with Crippen LogP contribution in [-0.4, -0.2) is 46.5 Å². The Kier molecular flexibility index (Phi) is 5.00. The van der Waals surface area contributed by atoms with Gasteiger partial charge in [0.1, 0.15) is 5.69 Å². The molecule has 2 aromatic rings. The molecule has 2 heterocycles. The van der Waals surface area contributed by atoms with E-state index in [4.69, 9.17) is 0 Å². The first kappa shape index (κ1) is 16.7. The van der Waals surface area contributed by atoms with Crippen LogP contribution < -0.4 is 5.32 Å². The van der Waals surface area contributed by atoms with Crippen molar-refractivity contribution in [2.45, 2.75) is 26.2 Å². The third kappa shape index (κ3) is 3.51. The van der Waals surface area contributed by atoms with E-state index in [1.165, 1.54) is 17.5 Å². The summed E-state index contributed by atoms with van der Waals surface area (Å²) >= 11 is 0. The predicted octanol–water partition coefficient (Wildman–Crippen LogP) is 2.26. The molecule has 1 aliphatic rings. The van der Waals surface area contributed by atoms with Gasteiger partial charge in [-0.15, -0.1) is 0 Å². The van der Waals surface area contributed by atoms with Gasteiger partial charge in [-0.2, -0.15) is 0 Å². The molecule has 1 fully saturated rings. The molecule has 0 aliphatic carbocycles. The number of aryl methyl sites for hydroxylation is 3. The van der Waals surface area contributed by atoms with Crippen LogP contribution in [0.15, 0.2) is 30.6 Å². The largest absolute Gasteiger partial charge is 0.349 e. The Balaban J connectivity index is 1.49. The fourth-order valence-corrected chi connectivity index (χ4v) is 3.62. The van der Waals surface area contributed by atoms with Gasteiger partial charge < -0.3 is 14.8 Å². The van der Waals surface area contributed by atoms with Crippen molar-refractivity contribution in [1.82, 2.24) is 19.8 Å². The predicted molar refractivity (Wildman–Crippen MR) is 95.3 cm³/mol. The highest BCUT2D eigenvalue weighted by atomic mass is 16.2. The molecule has 24 heavy (non-hydrogen) atoms. The lowest BCUT2D eigenvalue weighted by Crippen LogP contribution is -2.34. The Morgan fingerprint density at radius 3 is 2.83 bits per heavy atom. The number of benzene rings is 1. The maximum atomic E-state index is 12.3. The van der Waals surface area contributed by atoms with Crippen LogP contribution in [0.1, 0.15) is 39.6 Å². The number of carbonyl (C=O) groups is 1. The molecule has 5 heteroatoms. The normalized spacial score (nSPS) is 18.0. The number of imidazole rings is 1. The first-order valence-electron chi connectivity index (χ1n) is 8.60. The zero-order valence-electron chi connectivity index (χ0n) is 14.7. The number of carbonyl (C=O) groups excluding carboxylic acids is 1. The lowest BCUT2D eigenvalue weighted by atomic mass is 9.94. The van der Waals surface area contributed by atoms with Crippen LogP contribution >= 0.6 is 0 Å². The first-order chi connectivity index (χ1) is 11.6. The minimum Gasteiger partial charge on any atom is -0.349 e. The van der Waals surface area contributed by atoms with Crippen molar-refractivity contribution in [2.75, 3.05) is 26.2 Å². The highest BCUT2D eigenvalue weighted by Gasteiger charge is 2.24. The van der Waals surface area contributed by atoms with Gasteiger partial charge in [0.15, 0.2) is 0 Å². The van der Waals surface area contributed by atoms with Crippen LogP contribution in [0, 0.1) is 13.8 Å². The molecule has 5 nitrogen and oxygen atoms in total. The molecule has 1 saturated heterocycles. The molecule has 0 unspecified atom stereocenters. The fourth-order valence-electron chi connectivity index (χ4n) is 3.62. The van der Waals surface area contributed by atoms with Crippen LogP contribution in [0.3, 0.4) is 0 Å². The fraction of sp³-hybridized carbons (Fsp3) is 0.474. The second-order valence-corrected chi connectivity index (χ2v) is 6.69. The summed E-state index contributed by atoms with van der Waals surface area (Å²) in [6.07, 6.45) is 2.87. The van der Waals surface area contributed by atoms with Gasteiger partial charge in [0.25, 0.3) is 5.91 Å². The number of nitrogens with zero attached hydrogens (tertiary/aromatic N) is 3. The molecule has 1 aromatic carbocycles. The summed E-state index contributed by atoms with van der Waals surface area (Å²) < 4.78 is 1.77. The van der Waals surface area contributed by atoms with Crippen LogP contribution in [0.4, 0.5) is 0 Å².